The fourth-order valence-electron chi connectivity index (χ4n) is 0.869. The highest BCUT2D eigenvalue weighted by Gasteiger charge is 2.16. The van der Waals surface area contributed by atoms with E-state index in [0.29, 0.717) is 5.03 Å². The van der Waals surface area contributed by atoms with Crippen LogP contribution in [0, 0.1) is 0 Å². The molecule has 0 aliphatic rings. The van der Waals surface area contributed by atoms with Gasteiger partial charge in [0.1, 0.15) is 5.03 Å². The molecule has 0 bridgehead atoms. The summed E-state index contributed by atoms with van der Waals surface area (Å²) in [5.41, 5.74) is 15.5. The van der Waals surface area contributed by atoms with Crippen LogP contribution in [-0.4, -0.2) is 28.1 Å². The standard InChI is InChI=1S/C7H9ClN6OS/c1-16-6-3(8)12-2(4(9)13-6)5(15)14-7(10)11/h1H3,(H2,9,13)(H4,10,11,14,15). The van der Waals surface area contributed by atoms with Crippen molar-refractivity contribution in [1.82, 2.24) is 9.97 Å². The van der Waals surface area contributed by atoms with Crippen molar-refractivity contribution in [3.63, 3.8) is 0 Å². The molecule has 16 heavy (non-hydrogen) atoms. The molecule has 1 rings (SSSR count). The van der Waals surface area contributed by atoms with E-state index in [4.69, 9.17) is 28.8 Å². The maximum atomic E-state index is 11.4. The van der Waals surface area contributed by atoms with Crippen molar-refractivity contribution in [2.24, 2.45) is 16.5 Å². The van der Waals surface area contributed by atoms with Gasteiger partial charge in [-0.3, -0.25) is 4.79 Å². The Kier molecular flexibility index (Phi) is 3.91. The molecule has 86 valence electrons. The molecule has 0 aromatic carbocycles. The summed E-state index contributed by atoms with van der Waals surface area (Å²) in [4.78, 5) is 22.4. The highest BCUT2D eigenvalue weighted by Crippen LogP contribution is 2.23. The second-order valence-corrected chi connectivity index (χ2v) is 3.75. The summed E-state index contributed by atoms with van der Waals surface area (Å²) in [5.74, 6) is -1.22. The summed E-state index contributed by atoms with van der Waals surface area (Å²) in [7, 11) is 0. The average molecular weight is 261 g/mol. The highest BCUT2D eigenvalue weighted by molar-refractivity contribution is 7.98. The molecule has 0 spiro atoms. The third kappa shape index (κ3) is 2.74. The number of nitrogens with two attached hydrogens (primary N) is 3. The minimum Gasteiger partial charge on any atom is -0.382 e. The molecule has 0 atom stereocenters. The predicted octanol–water partition coefficient (Wildman–Crippen LogP) is -0.152. The molecule has 0 saturated heterocycles. The van der Waals surface area contributed by atoms with Crippen LogP contribution in [0.2, 0.25) is 5.15 Å². The second-order valence-electron chi connectivity index (χ2n) is 2.60. The zero-order valence-electron chi connectivity index (χ0n) is 8.27. The van der Waals surface area contributed by atoms with Gasteiger partial charge in [0.2, 0.25) is 0 Å². The molecule has 0 unspecified atom stereocenters. The van der Waals surface area contributed by atoms with Crippen molar-refractivity contribution in [2.75, 3.05) is 12.0 Å². The number of aliphatic imine (C=N–C) groups is 1. The van der Waals surface area contributed by atoms with Crippen molar-refractivity contribution < 1.29 is 4.79 Å². The first-order chi connectivity index (χ1) is 7.45. The number of carbonyl (C=O) groups excluding carboxylic acids is 1. The Balaban J connectivity index is 3.21. The lowest BCUT2D eigenvalue weighted by molar-refractivity contribution is 0.0998. The number of hydrogen-bond acceptors (Lipinski definition) is 5. The Morgan fingerprint density at radius 1 is 1.44 bits per heavy atom. The SMILES string of the molecule is CSc1nc(N)c(C(=O)N=C(N)N)nc1Cl. The minimum atomic E-state index is -0.778. The van der Waals surface area contributed by atoms with E-state index in [-0.39, 0.29) is 22.6 Å². The van der Waals surface area contributed by atoms with E-state index in [1.165, 1.54) is 11.8 Å². The van der Waals surface area contributed by atoms with E-state index in [1.807, 2.05) is 0 Å². The van der Waals surface area contributed by atoms with Crippen LogP contribution in [0.25, 0.3) is 0 Å². The number of guanidine groups is 1. The summed E-state index contributed by atoms with van der Waals surface area (Å²) in [6.07, 6.45) is 1.76. The van der Waals surface area contributed by atoms with E-state index < -0.39 is 5.91 Å². The maximum absolute atomic E-state index is 11.4. The van der Waals surface area contributed by atoms with Gasteiger partial charge in [-0.05, 0) is 6.26 Å². The van der Waals surface area contributed by atoms with E-state index in [2.05, 4.69) is 15.0 Å². The van der Waals surface area contributed by atoms with Gasteiger partial charge in [0.25, 0.3) is 0 Å². The van der Waals surface area contributed by atoms with Gasteiger partial charge in [-0.25, -0.2) is 9.97 Å². The van der Waals surface area contributed by atoms with Gasteiger partial charge >= 0.3 is 5.91 Å². The first-order valence-electron chi connectivity index (χ1n) is 3.96. The number of nitrogens with zero attached hydrogens (tertiary/aromatic N) is 3. The van der Waals surface area contributed by atoms with Gasteiger partial charge in [-0.2, -0.15) is 4.99 Å². The third-order valence-corrected chi connectivity index (χ3v) is 2.52. The van der Waals surface area contributed by atoms with Crippen LogP contribution in [0.5, 0.6) is 0 Å². The van der Waals surface area contributed by atoms with Gasteiger partial charge in [-0.1, -0.05) is 11.6 Å². The second kappa shape index (κ2) is 4.99. The van der Waals surface area contributed by atoms with E-state index in [9.17, 15) is 4.79 Å². The minimum absolute atomic E-state index is 0.0660. The first-order valence-corrected chi connectivity index (χ1v) is 5.57. The van der Waals surface area contributed by atoms with Crippen LogP contribution in [-0.2, 0) is 0 Å². The normalized spacial score (nSPS) is 9.88. The molecular weight excluding hydrogens is 252 g/mol. The number of halogens is 1. The van der Waals surface area contributed by atoms with E-state index in [0.717, 1.165) is 0 Å². The third-order valence-electron chi connectivity index (χ3n) is 1.48. The summed E-state index contributed by atoms with van der Waals surface area (Å²) in [6, 6.07) is 0. The maximum Gasteiger partial charge on any atom is 0.302 e. The largest absolute Gasteiger partial charge is 0.382 e. The fourth-order valence-corrected chi connectivity index (χ4v) is 1.63. The lowest BCUT2D eigenvalue weighted by atomic mass is 10.4. The zero-order valence-corrected chi connectivity index (χ0v) is 9.84. The number of anilines is 1. The molecule has 7 nitrogen and oxygen atoms in total. The molecule has 1 aromatic heterocycles. The van der Waals surface area contributed by atoms with Crippen molar-refractivity contribution in [1.29, 1.82) is 0 Å². The van der Waals surface area contributed by atoms with Crippen molar-refractivity contribution in [3.05, 3.63) is 10.8 Å². The Hall–Kier alpha value is -1.54. The lowest BCUT2D eigenvalue weighted by Crippen LogP contribution is -2.24. The molecule has 0 saturated carbocycles. The summed E-state index contributed by atoms with van der Waals surface area (Å²) in [5, 5.41) is 0.510. The lowest BCUT2D eigenvalue weighted by Gasteiger charge is -2.04. The van der Waals surface area contributed by atoms with Crippen LogP contribution in [0.3, 0.4) is 0 Å². The van der Waals surface area contributed by atoms with E-state index in [1.54, 1.807) is 6.26 Å². The zero-order chi connectivity index (χ0) is 12.3. The molecule has 0 aliphatic heterocycles. The van der Waals surface area contributed by atoms with Crippen LogP contribution in [0.4, 0.5) is 5.82 Å². The number of hydrogen-bond donors (Lipinski definition) is 3. The molecule has 6 N–H and O–H groups in total. The van der Waals surface area contributed by atoms with Crippen LogP contribution in [0.15, 0.2) is 10.0 Å². The number of carbonyl (C=O) groups is 1. The predicted molar refractivity (Wildman–Crippen MR) is 63.4 cm³/mol. The molecule has 9 heteroatoms. The van der Waals surface area contributed by atoms with Crippen LogP contribution < -0.4 is 17.2 Å². The average Bonchev–Trinajstić information content (AvgIpc) is 2.19. The quantitative estimate of drug-likeness (QED) is 0.382. The monoisotopic (exact) mass is 260 g/mol. The molecule has 0 fully saturated rings. The molecular formula is C7H9ClN6OS. The van der Waals surface area contributed by atoms with Gasteiger partial charge < -0.3 is 17.2 Å². The fraction of sp³-hybridized carbons (Fsp3) is 0.143. The summed E-state index contributed by atoms with van der Waals surface area (Å²) < 4.78 is 0. The van der Waals surface area contributed by atoms with Crippen LogP contribution >= 0.6 is 23.4 Å². The van der Waals surface area contributed by atoms with Gasteiger partial charge in [0.15, 0.2) is 22.6 Å². The highest BCUT2D eigenvalue weighted by atomic mass is 35.5. The Labute approximate surface area is 100 Å². The van der Waals surface area contributed by atoms with Crippen molar-refractivity contribution in [2.45, 2.75) is 5.03 Å². The molecule has 1 aromatic rings. The number of rotatable bonds is 2. The van der Waals surface area contributed by atoms with Gasteiger partial charge in [0.05, 0.1) is 0 Å². The van der Waals surface area contributed by atoms with Gasteiger partial charge in [0, 0.05) is 0 Å². The van der Waals surface area contributed by atoms with E-state index >= 15 is 0 Å². The van der Waals surface area contributed by atoms with Crippen molar-refractivity contribution >= 4 is 41.0 Å². The molecule has 0 aliphatic carbocycles. The number of nitrogen functional groups attached to an aromatic ring is 1. The van der Waals surface area contributed by atoms with Crippen molar-refractivity contribution in [3.8, 4) is 0 Å². The number of amides is 1. The first kappa shape index (κ1) is 12.5. The van der Waals surface area contributed by atoms with Gasteiger partial charge in [-0.15, -0.1) is 11.8 Å². The molecule has 1 heterocycles. The summed E-state index contributed by atoms with van der Waals surface area (Å²) >= 11 is 7.03. The van der Waals surface area contributed by atoms with Crippen LogP contribution in [0.1, 0.15) is 10.5 Å². The number of aromatic nitrogens is 2. The number of thioether (sulfide) groups is 1. The molecule has 0 radical (unpaired) electrons. The Morgan fingerprint density at radius 3 is 2.56 bits per heavy atom. The smallest absolute Gasteiger partial charge is 0.302 e. The topological polar surface area (TPSA) is 133 Å². The molecule has 1 amide bonds. The summed E-state index contributed by atoms with van der Waals surface area (Å²) in [6.45, 7) is 0. The Morgan fingerprint density at radius 2 is 2.06 bits per heavy atom. The Bertz CT molecular complexity index is 458.